The maximum Gasteiger partial charge on any atom is 0.119 e. The van der Waals surface area contributed by atoms with Gasteiger partial charge in [0.25, 0.3) is 0 Å². The molecule has 0 spiro atoms. The van der Waals surface area contributed by atoms with Crippen LogP contribution in [-0.2, 0) is 6.54 Å². The van der Waals surface area contributed by atoms with Crippen LogP contribution in [-0.4, -0.2) is 18.6 Å². The van der Waals surface area contributed by atoms with Crippen LogP contribution in [0.1, 0.15) is 12.5 Å². The number of nitrogens with one attached hydrogen (secondary N) is 1. The van der Waals surface area contributed by atoms with Gasteiger partial charge in [0.15, 0.2) is 0 Å². The molecule has 0 atom stereocenters. The third-order valence-corrected chi connectivity index (χ3v) is 3.58. The molecule has 4 heteroatoms. The number of hydrogen-bond donors (Lipinski definition) is 1. The molecule has 1 aromatic heterocycles. The van der Waals surface area contributed by atoms with Crippen molar-refractivity contribution >= 4 is 11.8 Å². The molecule has 0 radical (unpaired) electrons. The molecule has 0 bridgehead atoms. The maximum absolute atomic E-state index is 5.21. The fourth-order valence-corrected chi connectivity index (χ4v) is 2.44. The van der Waals surface area contributed by atoms with E-state index in [1.807, 2.05) is 24.4 Å². The molecular weight excluding hydrogens is 256 g/mol. The minimum Gasteiger partial charge on any atom is -0.497 e. The summed E-state index contributed by atoms with van der Waals surface area (Å²) in [6.07, 6.45) is 1.92. The van der Waals surface area contributed by atoms with Crippen molar-refractivity contribution < 1.29 is 4.74 Å². The van der Waals surface area contributed by atoms with E-state index in [9.17, 15) is 0 Å². The summed E-state index contributed by atoms with van der Waals surface area (Å²) < 4.78 is 5.21. The molecule has 1 N–H and O–H groups in total. The summed E-state index contributed by atoms with van der Waals surface area (Å²) in [5, 5.41) is 4.28. The van der Waals surface area contributed by atoms with Crippen LogP contribution in [0.15, 0.2) is 52.5 Å². The Bertz CT molecular complexity index is 514. The number of pyridine rings is 1. The Hall–Kier alpha value is -1.52. The van der Waals surface area contributed by atoms with E-state index in [0.29, 0.717) is 0 Å². The summed E-state index contributed by atoms with van der Waals surface area (Å²) in [4.78, 5) is 5.60. The van der Waals surface area contributed by atoms with Crippen molar-refractivity contribution in [1.29, 1.82) is 0 Å². The molecule has 100 valence electrons. The standard InChI is InChI=1S/C15H18N2OS/c1-3-16-10-12-7-8-15(17-11-12)19-14-6-4-5-13(9-14)18-2/h4-9,11,16H,3,10H2,1-2H3. The first-order valence-corrected chi connectivity index (χ1v) is 7.11. The Morgan fingerprint density at radius 2 is 2.16 bits per heavy atom. The van der Waals surface area contributed by atoms with Crippen LogP contribution in [0, 0.1) is 0 Å². The molecule has 0 saturated carbocycles. The number of rotatable bonds is 6. The highest BCUT2D eigenvalue weighted by molar-refractivity contribution is 7.99. The topological polar surface area (TPSA) is 34.1 Å². The summed E-state index contributed by atoms with van der Waals surface area (Å²) in [6, 6.07) is 12.2. The first-order valence-electron chi connectivity index (χ1n) is 6.29. The molecule has 3 nitrogen and oxygen atoms in total. The van der Waals surface area contributed by atoms with E-state index in [-0.39, 0.29) is 0 Å². The van der Waals surface area contributed by atoms with E-state index in [1.54, 1.807) is 18.9 Å². The first-order chi connectivity index (χ1) is 9.31. The highest BCUT2D eigenvalue weighted by atomic mass is 32.2. The number of nitrogens with zero attached hydrogens (tertiary/aromatic N) is 1. The second-order valence-corrected chi connectivity index (χ2v) is 5.16. The third kappa shape index (κ3) is 4.26. The van der Waals surface area contributed by atoms with Crippen LogP contribution >= 0.6 is 11.8 Å². The van der Waals surface area contributed by atoms with Gasteiger partial charge in [0.05, 0.1) is 7.11 Å². The number of methoxy groups -OCH3 is 1. The van der Waals surface area contributed by atoms with Gasteiger partial charge in [0.1, 0.15) is 10.8 Å². The maximum atomic E-state index is 5.21. The number of hydrogen-bond acceptors (Lipinski definition) is 4. The van der Waals surface area contributed by atoms with Gasteiger partial charge in [-0.1, -0.05) is 30.8 Å². The van der Waals surface area contributed by atoms with Gasteiger partial charge >= 0.3 is 0 Å². The van der Waals surface area contributed by atoms with E-state index in [0.717, 1.165) is 28.8 Å². The minimum absolute atomic E-state index is 0.869. The van der Waals surface area contributed by atoms with Crippen molar-refractivity contribution in [1.82, 2.24) is 10.3 Å². The molecule has 19 heavy (non-hydrogen) atoms. The Morgan fingerprint density at radius 3 is 2.84 bits per heavy atom. The van der Waals surface area contributed by atoms with Crippen LogP contribution in [0.25, 0.3) is 0 Å². The van der Waals surface area contributed by atoms with Gasteiger partial charge in [0, 0.05) is 17.6 Å². The Balaban J connectivity index is 2.02. The van der Waals surface area contributed by atoms with E-state index in [2.05, 4.69) is 35.4 Å². The van der Waals surface area contributed by atoms with Crippen LogP contribution in [0.2, 0.25) is 0 Å². The lowest BCUT2D eigenvalue weighted by molar-refractivity contribution is 0.413. The summed E-state index contributed by atoms with van der Waals surface area (Å²) >= 11 is 1.64. The molecule has 0 unspecified atom stereocenters. The lowest BCUT2D eigenvalue weighted by Crippen LogP contribution is -2.11. The number of ether oxygens (including phenoxy) is 1. The van der Waals surface area contributed by atoms with Crippen LogP contribution in [0.4, 0.5) is 0 Å². The van der Waals surface area contributed by atoms with Gasteiger partial charge in [-0.2, -0.15) is 0 Å². The van der Waals surface area contributed by atoms with Gasteiger partial charge in [-0.3, -0.25) is 0 Å². The summed E-state index contributed by atoms with van der Waals surface area (Å²) in [7, 11) is 1.68. The lowest BCUT2D eigenvalue weighted by Gasteiger charge is -2.05. The predicted octanol–water partition coefficient (Wildman–Crippen LogP) is 3.35. The molecule has 1 heterocycles. The van der Waals surface area contributed by atoms with E-state index in [1.165, 1.54) is 5.56 Å². The van der Waals surface area contributed by atoms with Crippen LogP contribution < -0.4 is 10.1 Å². The molecule has 0 saturated heterocycles. The van der Waals surface area contributed by atoms with Gasteiger partial charge < -0.3 is 10.1 Å². The molecule has 2 rings (SSSR count). The Kier molecular flexibility index (Phi) is 5.24. The van der Waals surface area contributed by atoms with E-state index in [4.69, 9.17) is 4.74 Å². The average molecular weight is 274 g/mol. The molecular formula is C15H18N2OS. The zero-order chi connectivity index (χ0) is 13.5. The second kappa shape index (κ2) is 7.16. The Labute approximate surface area is 118 Å². The van der Waals surface area contributed by atoms with E-state index < -0.39 is 0 Å². The normalized spacial score (nSPS) is 10.4. The zero-order valence-electron chi connectivity index (χ0n) is 11.2. The van der Waals surface area contributed by atoms with Gasteiger partial charge in [-0.05, 0) is 36.4 Å². The quantitative estimate of drug-likeness (QED) is 0.876. The summed E-state index contributed by atoms with van der Waals surface area (Å²) in [5.74, 6) is 0.869. The zero-order valence-corrected chi connectivity index (χ0v) is 12.0. The van der Waals surface area contributed by atoms with Crippen molar-refractivity contribution in [3.63, 3.8) is 0 Å². The molecule has 0 aliphatic heterocycles. The van der Waals surface area contributed by atoms with Gasteiger partial charge in [-0.25, -0.2) is 4.98 Å². The van der Waals surface area contributed by atoms with Crippen LogP contribution in [0.5, 0.6) is 5.75 Å². The minimum atomic E-state index is 0.869. The number of aromatic nitrogens is 1. The smallest absolute Gasteiger partial charge is 0.119 e. The fraction of sp³-hybridized carbons (Fsp3) is 0.267. The molecule has 1 aromatic carbocycles. The van der Waals surface area contributed by atoms with E-state index >= 15 is 0 Å². The lowest BCUT2D eigenvalue weighted by atomic mass is 10.3. The molecule has 0 aliphatic carbocycles. The monoisotopic (exact) mass is 274 g/mol. The van der Waals surface area contributed by atoms with Crippen molar-refractivity contribution in [3.8, 4) is 5.75 Å². The van der Waals surface area contributed by atoms with Crippen LogP contribution in [0.3, 0.4) is 0 Å². The summed E-state index contributed by atoms with van der Waals surface area (Å²) in [5.41, 5.74) is 1.21. The fourth-order valence-electron chi connectivity index (χ4n) is 1.63. The van der Waals surface area contributed by atoms with Crippen molar-refractivity contribution in [2.24, 2.45) is 0 Å². The largest absolute Gasteiger partial charge is 0.497 e. The van der Waals surface area contributed by atoms with Crippen molar-refractivity contribution in [3.05, 3.63) is 48.2 Å². The Morgan fingerprint density at radius 1 is 1.26 bits per heavy atom. The molecule has 0 aliphatic rings. The molecule has 2 aromatic rings. The highest BCUT2D eigenvalue weighted by Crippen LogP contribution is 2.28. The SMILES string of the molecule is CCNCc1ccc(Sc2cccc(OC)c2)nc1. The van der Waals surface area contributed by atoms with Crippen molar-refractivity contribution in [2.75, 3.05) is 13.7 Å². The second-order valence-electron chi connectivity index (χ2n) is 4.07. The molecule has 0 fully saturated rings. The average Bonchev–Trinajstić information content (AvgIpc) is 2.47. The number of benzene rings is 1. The van der Waals surface area contributed by atoms with Crippen molar-refractivity contribution in [2.45, 2.75) is 23.4 Å². The van der Waals surface area contributed by atoms with Gasteiger partial charge in [-0.15, -0.1) is 0 Å². The summed E-state index contributed by atoms with van der Waals surface area (Å²) in [6.45, 7) is 3.94. The molecule has 0 amide bonds. The third-order valence-electron chi connectivity index (χ3n) is 2.64. The highest BCUT2D eigenvalue weighted by Gasteiger charge is 2.01. The predicted molar refractivity (Wildman–Crippen MR) is 78.7 cm³/mol. The first kappa shape index (κ1) is 13.9. The van der Waals surface area contributed by atoms with Gasteiger partial charge in [0.2, 0.25) is 0 Å².